The SMILES string of the molecule is O=C1Nc2cc(C(F)(F)F)ccc2/C1=C/c1ccc(OCc2ccc(Cl)c(Cl)c2)c(Cl)c1. The van der Waals surface area contributed by atoms with Gasteiger partial charge in [0, 0.05) is 16.8 Å². The van der Waals surface area contributed by atoms with Gasteiger partial charge in [0.1, 0.15) is 12.4 Å². The fourth-order valence-corrected chi connectivity index (χ4v) is 3.76. The Morgan fingerprint density at radius 3 is 2.38 bits per heavy atom. The smallest absolute Gasteiger partial charge is 0.416 e. The fraction of sp³-hybridized carbons (Fsp3) is 0.0870. The summed E-state index contributed by atoms with van der Waals surface area (Å²) in [6.07, 6.45) is -2.93. The molecule has 3 aromatic rings. The largest absolute Gasteiger partial charge is 0.487 e. The number of hydrogen-bond donors (Lipinski definition) is 1. The first kappa shape index (κ1) is 22.5. The highest BCUT2D eigenvalue weighted by Crippen LogP contribution is 2.39. The van der Waals surface area contributed by atoms with Gasteiger partial charge in [-0.3, -0.25) is 4.79 Å². The lowest BCUT2D eigenvalue weighted by Gasteiger charge is -2.10. The molecule has 1 heterocycles. The molecule has 0 radical (unpaired) electrons. The van der Waals surface area contributed by atoms with Gasteiger partial charge in [-0.2, -0.15) is 13.2 Å². The van der Waals surface area contributed by atoms with Gasteiger partial charge in [-0.05, 0) is 53.6 Å². The number of fused-ring (bicyclic) bond motifs is 1. The lowest BCUT2D eigenvalue weighted by atomic mass is 10.0. The van der Waals surface area contributed by atoms with Crippen LogP contribution in [0.15, 0.2) is 54.6 Å². The first-order valence-corrected chi connectivity index (χ1v) is 10.4. The number of rotatable bonds is 4. The summed E-state index contributed by atoms with van der Waals surface area (Å²) in [4.78, 5) is 12.3. The highest BCUT2D eigenvalue weighted by atomic mass is 35.5. The number of amides is 1. The van der Waals surface area contributed by atoms with Gasteiger partial charge in [-0.15, -0.1) is 0 Å². The van der Waals surface area contributed by atoms with Crippen molar-refractivity contribution in [2.75, 3.05) is 5.32 Å². The molecule has 0 atom stereocenters. The summed E-state index contributed by atoms with van der Waals surface area (Å²) in [5.74, 6) is -0.0682. The minimum Gasteiger partial charge on any atom is -0.487 e. The van der Waals surface area contributed by atoms with Gasteiger partial charge >= 0.3 is 6.18 Å². The number of anilines is 1. The van der Waals surface area contributed by atoms with Crippen LogP contribution in [0.25, 0.3) is 11.6 Å². The van der Waals surface area contributed by atoms with Gasteiger partial charge in [-0.1, -0.05) is 53.0 Å². The molecule has 164 valence electrons. The quantitative estimate of drug-likeness (QED) is 0.374. The Hall–Kier alpha value is -2.67. The van der Waals surface area contributed by atoms with Crippen LogP contribution in [-0.4, -0.2) is 5.91 Å². The molecule has 0 spiro atoms. The predicted molar refractivity (Wildman–Crippen MR) is 120 cm³/mol. The molecule has 0 aliphatic carbocycles. The van der Waals surface area contributed by atoms with Crippen LogP contribution >= 0.6 is 34.8 Å². The number of carbonyl (C=O) groups excluding carboxylic acids is 1. The molecule has 9 heteroatoms. The van der Waals surface area contributed by atoms with Crippen molar-refractivity contribution in [2.45, 2.75) is 12.8 Å². The summed E-state index contributed by atoms with van der Waals surface area (Å²) in [6, 6.07) is 13.2. The van der Waals surface area contributed by atoms with Crippen LogP contribution in [0.1, 0.15) is 22.3 Å². The van der Waals surface area contributed by atoms with E-state index in [1.807, 2.05) is 0 Å². The monoisotopic (exact) mass is 497 g/mol. The van der Waals surface area contributed by atoms with Gasteiger partial charge in [0.2, 0.25) is 0 Å². The Balaban J connectivity index is 1.55. The van der Waals surface area contributed by atoms with E-state index in [1.165, 1.54) is 6.07 Å². The number of hydrogen-bond acceptors (Lipinski definition) is 2. The molecule has 0 unspecified atom stereocenters. The van der Waals surface area contributed by atoms with Gasteiger partial charge in [0.15, 0.2) is 0 Å². The van der Waals surface area contributed by atoms with Crippen molar-refractivity contribution in [3.05, 3.63) is 91.9 Å². The average molecular weight is 499 g/mol. The van der Waals surface area contributed by atoms with Crippen LogP contribution in [0, 0.1) is 0 Å². The molecule has 4 rings (SSSR count). The number of nitrogens with one attached hydrogen (secondary N) is 1. The third-order valence-corrected chi connectivity index (χ3v) is 5.81. The number of benzene rings is 3. The molecule has 0 bridgehead atoms. The first-order valence-electron chi connectivity index (χ1n) is 9.23. The summed E-state index contributed by atoms with van der Waals surface area (Å²) >= 11 is 18.2. The maximum Gasteiger partial charge on any atom is 0.416 e. The molecule has 0 fully saturated rings. The number of ether oxygens (including phenoxy) is 1. The second-order valence-electron chi connectivity index (χ2n) is 7.00. The summed E-state index contributed by atoms with van der Waals surface area (Å²) in [5, 5.41) is 3.64. The third kappa shape index (κ3) is 4.72. The molecule has 0 saturated carbocycles. The lowest BCUT2D eigenvalue weighted by Crippen LogP contribution is -2.06. The predicted octanol–water partition coefficient (Wildman–Crippen LogP) is 7.74. The summed E-state index contributed by atoms with van der Waals surface area (Å²) in [7, 11) is 0. The van der Waals surface area contributed by atoms with E-state index in [1.54, 1.807) is 42.5 Å². The second kappa shape index (κ2) is 8.70. The summed E-state index contributed by atoms with van der Waals surface area (Å²) in [6.45, 7) is 0.217. The van der Waals surface area contributed by atoms with Gasteiger partial charge in [0.05, 0.1) is 20.6 Å². The van der Waals surface area contributed by atoms with Crippen molar-refractivity contribution in [3.63, 3.8) is 0 Å². The molecule has 1 amide bonds. The molecule has 0 saturated heterocycles. The second-order valence-corrected chi connectivity index (χ2v) is 8.22. The number of halogens is 6. The zero-order valence-electron chi connectivity index (χ0n) is 16.1. The van der Waals surface area contributed by atoms with E-state index in [0.717, 1.165) is 17.7 Å². The zero-order valence-corrected chi connectivity index (χ0v) is 18.3. The molecule has 3 nitrogen and oxygen atoms in total. The maximum atomic E-state index is 12.9. The normalized spacial score (nSPS) is 14.4. The molecule has 1 aliphatic heterocycles. The van der Waals surface area contributed by atoms with E-state index in [2.05, 4.69) is 5.32 Å². The minimum absolute atomic E-state index is 0.115. The van der Waals surface area contributed by atoms with E-state index in [-0.39, 0.29) is 17.9 Å². The van der Waals surface area contributed by atoms with Crippen molar-refractivity contribution in [2.24, 2.45) is 0 Å². The summed E-state index contributed by atoms with van der Waals surface area (Å²) in [5.41, 5.74) is 1.32. The highest BCUT2D eigenvalue weighted by Gasteiger charge is 2.33. The van der Waals surface area contributed by atoms with Crippen molar-refractivity contribution in [1.29, 1.82) is 0 Å². The Morgan fingerprint density at radius 2 is 1.69 bits per heavy atom. The molecule has 0 aromatic heterocycles. The van der Waals surface area contributed by atoms with Gasteiger partial charge < -0.3 is 10.1 Å². The van der Waals surface area contributed by atoms with E-state index >= 15 is 0 Å². The van der Waals surface area contributed by atoms with Crippen molar-refractivity contribution in [1.82, 2.24) is 0 Å². The van der Waals surface area contributed by atoms with E-state index in [9.17, 15) is 18.0 Å². The maximum absolute atomic E-state index is 12.9. The molecular weight excluding hydrogens is 486 g/mol. The molecule has 1 N–H and O–H groups in total. The van der Waals surface area contributed by atoms with Crippen LogP contribution in [0.2, 0.25) is 15.1 Å². The Kier molecular flexibility index (Phi) is 6.12. The van der Waals surface area contributed by atoms with Crippen LogP contribution in [0.5, 0.6) is 5.75 Å². The van der Waals surface area contributed by atoms with Crippen LogP contribution < -0.4 is 10.1 Å². The standard InChI is InChI=1S/C23H13Cl3F3NO2/c24-17-5-1-13(9-18(17)25)11-32-21-6-2-12(8-19(21)26)7-16-15-4-3-14(23(27,28)29)10-20(15)30-22(16)31/h1-10H,11H2,(H,30,31)/b16-7-. The van der Waals surface area contributed by atoms with Crippen LogP contribution in [0.4, 0.5) is 18.9 Å². The number of carbonyl (C=O) groups is 1. The molecule has 1 aliphatic rings. The van der Waals surface area contributed by atoms with Crippen molar-refractivity contribution in [3.8, 4) is 5.75 Å². The lowest BCUT2D eigenvalue weighted by molar-refractivity contribution is -0.137. The van der Waals surface area contributed by atoms with Crippen molar-refractivity contribution >= 4 is 58.0 Å². The Morgan fingerprint density at radius 1 is 0.906 bits per heavy atom. The van der Waals surface area contributed by atoms with Gasteiger partial charge in [0.25, 0.3) is 5.91 Å². The van der Waals surface area contributed by atoms with Crippen LogP contribution in [-0.2, 0) is 17.6 Å². The Bertz CT molecular complexity index is 1260. The van der Waals surface area contributed by atoms with Crippen molar-refractivity contribution < 1.29 is 22.7 Å². The molecule has 3 aromatic carbocycles. The third-order valence-electron chi connectivity index (χ3n) is 4.78. The Labute approximate surface area is 196 Å². The summed E-state index contributed by atoms with van der Waals surface area (Å²) < 4.78 is 44.5. The zero-order chi connectivity index (χ0) is 23.0. The van der Waals surface area contributed by atoms with E-state index in [0.29, 0.717) is 31.9 Å². The van der Waals surface area contributed by atoms with Gasteiger partial charge in [-0.25, -0.2) is 0 Å². The van der Waals surface area contributed by atoms with E-state index in [4.69, 9.17) is 39.5 Å². The van der Waals surface area contributed by atoms with Crippen LogP contribution in [0.3, 0.4) is 0 Å². The average Bonchev–Trinajstić information content (AvgIpc) is 3.03. The molecule has 32 heavy (non-hydrogen) atoms. The van der Waals surface area contributed by atoms with E-state index < -0.39 is 17.6 Å². The highest BCUT2D eigenvalue weighted by molar-refractivity contribution is 6.42. The fourth-order valence-electron chi connectivity index (χ4n) is 3.20. The topological polar surface area (TPSA) is 38.3 Å². The first-order chi connectivity index (χ1) is 15.1. The molecular formula is C23H13Cl3F3NO2. The minimum atomic E-state index is -4.49. The number of alkyl halides is 3.